The highest BCUT2D eigenvalue weighted by molar-refractivity contribution is 5.90. The van der Waals surface area contributed by atoms with Crippen molar-refractivity contribution in [2.45, 2.75) is 70.4 Å². The number of carbonyl (C=O) groups excluding carboxylic acids is 2. The summed E-state index contributed by atoms with van der Waals surface area (Å²) in [6.45, 7) is 1.35. The Labute approximate surface area is 142 Å². The quantitative estimate of drug-likeness (QED) is 0.885. The normalized spacial score (nSPS) is 24.8. The second-order valence-corrected chi connectivity index (χ2v) is 7.50. The largest absolute Gasteiger partial charge is 0.344 e. The fourth-order valence-electron chi connectivity index (χ4n) is 4.40. The molecule has 0 radical (unpaired) electrons. The van der Waals surface area contributed by atoms with Crippen molar-refractivity contribution in [1.82, 2.24) is 20.4 Å². The summed E-state index contributed by atoms with van der Waals surface area (Å²) in [6, 6.07) is -0.326. The third-order valence-corrected chi connectivity index (χ3v) is 5.83. The maximum absolute atomic E-state index is 12.7. The molecule has 1 saturated heterocycles. The number of aromatic nitrogens is 2. The maximum Gasteiger partial charge on any atom is 0.245 e. The van der Waals surface area contributed by atoms with Crippen molar-refractivity contribution < 1.29 is 9.59 Å². The van der Waals surface area contributed by atoms with Crippen molar-refractivity contribution in [2.24, 2.45) is 5.92 Å². The lowest BCUT2D eigenvalue weighted by Crippen LogP contribution is -2.46. The monoisotopic (exact) mass is 330 g/mol. The summed E-state index contributed by atoms with van der Waals surface area (Å²) in [5.74, 6) is 0.801. The third kappa shape index (κ3) is 3.06. The molecule has 0 spiro atoms. The fraction of sp³-hybridized carbons (Fsp3) is 0.722. The van der Waals surface area contributed by atoms with Gasteiger partial charge in [-0.15, -0.1) is 0 Å². The van der Waals surface area contributed by atoms with Crippen LogP contribution in [0.5, 0.6) is 0 Å². The Morgan fingerprint density at radius 2 is 2.00 bits per heavy atom. The van der Waals surface area contributed by atoms with Crippen LogP contribution in [0.1, 0.15) is 61.9 Å². The molecule has 3 heterocycles. The molecule has 0 unspecified atom stereocenters. The molecule has 1 aliphatic carbocycles. The first-order chi connectivity index (χ1) is 11.7. The molecule has 130 valence electrons. The van der Waals surface area contributed by atoms with Crippen molar-refractivity contribution in [1.29, 1.82) is 0 Å². The van der Waals surface area contributed by atoms with Gasteiger partial charge in [0.05, 0.1) is 5.69 Å². The molecule has 6 nitrogen and oxygen atoms in total. The van der Waals surface area contributed by atoms with E-state index in [1.165, 1.54) is 43.4 Å². The van der Waals surface area contributed by atoms with Gasteiger partial charge in [-0.1, -0.05) is 32.1 Å². The van der Waals surface area contributed by atoms with E-state index in [4.69, 9.17) is 0 Å². The lowest BCUT2D eigenvalue weighted by atomic mass is 9.85. The highest BCUT2D eigenvalue weighted by Gasteiger charge is 2.33. The van der Waals surface area contributed by atoms with Gasteiger partial charge in [0, 0.05) is 37.2 Å². The molecule has 24 heavy (non-hydrogen) atoms. The number of nitrogens with one attached hydrogen (secondary N) is 2. The fourth-order valence-corrected chi connectivity index (χ4v) is 4.40. The van der Waals surface area contributed by atoms with E-state index in [0.717, 1.165) is 24.5 Å². The van der Waals surface area contributed by atoms with Crippen LogP contribution in [0.15, 0.2) is 0 Å². The third-order valence-electron chi connectivity index (χ3n) is 5.83. The predicted octanol–water partition coefficient (Wildman–Crippen LogP) is 1.70. The van der Waals surface area contributed by atoms with Crippen LogP contribution < -0.4 is 5.32 Å². The Hall–Kier alpha value is -1.85. The Balaban J connectivity index is 1.44. The lowest BCUT2D eigenvalue weighted by Gasteiger charge is -2.30. The molecular formula is C18H26N4O2. The summed E-state index contributed by atoms with van der Waals surface area (Å²) in [6.07, 6.45) is 9.61. The topological polar surface area (TPSA) is 78.1 Å². The summed E-state index contributed by atoms with van der Waals surface area (Å²) >= 11 is 0. The van der Waals surface area contributed by atoms with Gasteiger partial charge in [-0.05, 0) is 18.8 Å². The molecule has 0 aromatic carbocycles. The van der Waals surface area contributed by atoms with Gasteiger partial charge in [0.15, 0.2) is 0 Å². The Morgan fingerprint density at radius 1 is 1.17 bits per heavy atom. The number of amides is 2. The number of H-pyrrole nitrogens is 1. The van der Waals surface area contributed by atoms with Gasteiger partial charge in [0.2, 0.25) is 11.8 Å². The minimum absolute atomic E-state index is 0.00709. The molecule has 2 amide bonds. The van der Waals surface area contributed by atoms with Crippen molar-refractivity contribution in [3.63, 3.8) is 0 Å². The van der Waals surface area contributed by atoms with Gasteiger partial charge in [0.25, 0.3) is 0 Å². The number of fused-ring (bicyclic) bond motifs is 1. The summed E-state index contributed by atoms with van der Waals surface area (Å²) in [7, 11) is 0. The molecule has 1 aromatic rings. The second kappa shape index (κ2) is 6.57. The smallest absolute Gasteiger partial charge is 0.245 e. The van der Waals surface area contributed by atoms with Gasteiger partial charge in [-0.25, -0.2) is 0 Å². The maximum atomic E-state index is 12.7. The lowest BCUT2D eigenvalue weighted by molar-refractivity contribution is -0.135. The van der Waals surface area contributed by atoms with Crippen molar-refractivity contribution in [3.8, 4) is 0 Å². The summed E-state index contributed by atoms with van der Waals surface area (Å²) in [4.78, 5) is 25.9. The number of nitrogens with zero attached hydrogens (tertiary/aromatic N) is 2. The van der Waals surface area contributed by atoms with Gasteiger partial charge >= 0.3 is 0 Å². The highest BCUT2D eigenvalue weighted by atomic mass is 16.2. The first-order valence-corrected chi connectivity index (χ1v) is 9.34. The van der Waals surface area contributed by atoms with E-state index < -0.39 is 0 Å². The van der Waals surface area contributed by atoms with E-state index >= 15 is 0 Å². The minimum atomic E-state index is -0.326. The van der Waals surface area contributed by atoms with E-state index in [0.29, 0.717) is 25.9 Å². The summed E-state index contributed by atoms with van der Waals surface area (Å²) in [5.41, 5.74) is 3.58. The SMILES string of the molecule is O=C1CC[C@H](C(=O)N2CCc3[nH]nc(CC4CCCCC4)c3C2)N1. The number of aromatic amines is 1. The molecule has 6 heteroatoms. The van der Waals surface area contributed by atoms with Gasteiger partial charge in [0.1, 0.15) is 6.04 Å². The molecule has 1 atom stereocenters. The van der Waals surface area contributed by atoms with E-state index in [2.05, 4.69) is 15.5 Å². The van der Waals surface area contributed by atoms with E-state index in [1.54, 1.807) is 0 Å². The Kier molecular flexibility index (Phi) is 4.29. The van der Waals surface area contributed by atoms with Crippen LogP contribution in [0.4, 0.5) is 0 Å². The molecule has 2 N–H and O–H groups in total. The van der Waals surface area contributed by atoms with Crippen LogP contribution in [0.25, 0.3) is 0 Å². The van der Waals surface area contributed by atoms with Crippen LogP contribution in [-0.4, -0.2) is 39.5 Å². The van der Waals surface area contributed by atoms with E-state index in [-0.39, 0.29) is 17.9 Å². The average Bonchev–Trinajstić information content (AvgIpc) is 3.21. The molecule has 2 aliphatic heterocycles. The van der Waals surface area contributed by atoms with Crippen LogP contribution in [0, 0.1) is 5.92 Å². The van der Waals surface area contributed by atoms with Gasteiger partial charge in [-0.3, -0.25) is 14.7 Å². The predicted molar refractivity (Wildman–Crippen MR) is 89.2 cm³/mol. The number of rotatable bonds is 3. The molecule has 1 aromatic heterocycles. The molecule has 1 saturated carbocycles. The molecule has 3 aliphatic rings. The van der Waals surface area contributed by atoms with Crippen molar-refractivity contribution >= 4 is 11.8 Å². The average molecular weight is 330 g/mol. The standard InChI is InChI=1S/C18H26N4O2/c23-17-7-6-15(19-17)18(24)22-9-8-14-13(11-22)16(21-20-14)10-12-4-2-1-3-5-12/h12,15H,1-11H2,(H,19,23)(H,20,21)/t15-/m1/s1. The number of hydrogen-bond donors (Lipinski definition) is 2. The summed E-state index contributed by atoms with van der Waals surface area (Å²) < 4.78 is 0. The first-order valence-electron chi connectivity index (χ1n) is 9.34. The molecule has 2 fully saturated rings. The molecular weight excluding hydrogens is 304 g/mol. The van der Waals surface area contributed by atoms with E-state index in [9.17, 15) is 9.59 Å². The number of hydrogen-bond acceptors (Lipinski definition) is 3. The second-order valence-electron chi connectivity index (χ2n) is 7.50. The van der Waals surface area contributed by atoms with Crippen molar-refractivity contribution in [3.05, 3.63) is 17.0 Å². The zero-order valence-electron chi connectivity index (χ0n) is 14.1. The van der Waals surface area contributed by atoms with Gasteiger partial charge in [-0.2, -0.15) is 5.10 Å². The minimum Gasteiger partial charge on any atom is -0.344 e. The zero-order chi connectivity index (χ0) is 16.5. The number of carbonyl (C=O) groups is 2. The zero-order valence-corrected chi connectivity index (χ0v) is 14.1. The van der Waals surface area contributed by atoms with Gasteiger partial charge < -0.3 is 10.2 Å². The Morgan fingerprint density at radius 3 is 2.75 bits per heavy atom. The van der Waals surface area contributed by atoms with Crippen LogP contribution in [0.3, 0.4) is 0 Å². The highest BCUT2D eigenvalue weighted by Crippen LogP contribution is 2.29. The van der Waals surface area contributed by atoms with Crippen molar-refractivity contribution in [2.75, 3.05) is 6.54 Å². The van der Waals surface area contributed by atoms with Crippen LogP contribution in [-0.2, 0) is 29.0 Å². The van der Waals surface area contributed by atoms with Crippen LogP contribution >= 0.6 is 0 Å². The van der Waals surface area contributed by atoms with Crippen LogP contribution in [0.2, 0.25) is 0 Å². The summed E-state index contributed by atoms with van der Waals surface area (Å²) in [5, 5.41) is 10.6. The molecule has 0 bridgehead atoms. The van der Waals surface area contributed by atoms with E-state index in [1.807, 2.05) is 4.90 Å². The Bertz CT molecular complexity index is 633. The first kappa shape index (κ1) is 15.7. The molecule has 4 rings (SSSR count).